The first-order valence-electron chi connectivity index (χ1n) is 30.4. The number of ether oxygens (including phenoxy) is 4. The molecule has 0 fully saturated rings. The van der Waals surface area contributed by atoms with Gasteiger partial charge in [-0.1, -0.05) is 6.92 Å². The highest BCUT2D eigenvalue weighted by atomic mass is 16.5. The summed E-state index contributed by atoms with van der Waals surface area (Å²) in [6.07, 6.45) is -8.05. The van der Waals surface area contributed by atoms with Crippen LogP contribution in [0.1, 0.15) is 97.8 Å². The Morgan fingerprint density at radius 2 is 0.535 bits per heavy atom. The molecular weight excluding hydrogens is 1370 g/mol. The van der Waals surface area contributed by atoms with Crippen molar-refractivity contribution in [1.29, 1.82) is 0 Å². The molecule has 0 aromatic carbocycles. The molecule has 0 spiro atoms. The molecule has 0 bridgehead atoms. The van der Waals surface area contributed by atoms with Crippen LogP contribution in [0.4, 0.5) is 0 Å². The Balaban J connectivity index is 5.02. The van der Waals surface area contributed by atoms with Gasteiger partial charge in [0.05, 0.1) is 97.0 Å². The van der Waals surface area contributed by atoms with Crippen LogP contribution in [0.2, 0.25) is 0 Å². The summed E-state index contributed by atoms with van der Waals surface area (Å²) in [6, 6.07) is -16.8. The van der Waals surface area contributed by atoms with Crippen molar-refractivity contribution in [2.75, 3.05) is 72.5 Å². The standard InChI is InChI=1S/C56H84N12O33/c1-4-38(71)29(62-40(73)26-101-16-14-99-12-10-59-50(91)31(18-42(76)77)64-54(95)35(22-46(84)85)68-56(97)37(24-48(88)89)66-52(93)33(20-44(80)81)61-28(3)70)7-5-6-8-57-39(72)25-100-15-13-98-11-9-58-49(90)30(17-41(74)75)63-53(94)34(21-45(82)83)67-55(96)36(23-47(86)87)65-51(92)32(19-43(78)79)60-27(2)69/h29-37H,4-26H2,1-3H3,(H,57,72)(H,58,90)(H,59,91)(H,60,69)(H,61,70)(H,62,73)(H,63,94)(H,64,95)(H,65,92)(H,66,93)(H,67,96)(H,68,97)(H,74,75)(H,76,77)(H,78,79)(H,80,81)(H,82,83)(H,84,85)(H,86,87)(H,88,89). The summed E-state index contributed by atoms with van der Waals surface area (Å²) in [5.41, 5.74) is 0. The number of rotatable bonds is 56. The summed E-state index contributed by atoms with van der Waals surface area (Å²) in [4.78, 5) is 257. The molecule has 101 heavy (non-hydrogen) atoms. The zero-order valence-electron chi connectivity index (χ0n) is 54.7. The number of ketones is 1. The van der Waals surface area contributed by atoms with Gasteiger partial charge < -0.3 is 124 Å². The Kier molecular flexibility index (Phi) is 44.0. The molecule has 0 aliphatic rings. The van der Waals surface area contributed by atoms with E-state index in [1.807, 2.05) is 42.5 Å². The average Bonchev–Trinajstić information content (AvgIpc) is 0.866. The fourth-order valence-electron chi connectivity index (χ4n) is 8.25. The molecule has 0 rings (SSSR count). The highest BCUT2D eigenvalue weighted by Crippen LogP contribution is 2.08. The molecule has 0 heterocycles. The van der Waals surface area contributed by atoms with Crippen molar-refractivity contribution in [3.05, 3.63) is 0 Å². The van der Waals surface area contributed by atoms with Gasteiger partial charge in [-0.25, -0.2) is 0 Å². The van der Waals surface area contributed by atoms with Crippen LogP contribution in [-0.4, -0.2) is 292 Å². The normalized spacial score (nSPS) is 13.4. The first-order chi connectivity index (χ1) is 47.3. The Bertz CT molecular complexity index is 2930. The second-order valence-electron chi connectivity index (χ2n) is 21.4. The minimum atomic E-state index is -2.12. The Hall–Kier alpha value is -11.1. The molecule has 9 unspecified atom stereocenters. The number of carbonyl (C=O) groups excluding carboxylic acids is 13. The number of carboxylic acids is 8. The zero-order valence-corrected chi connectivity index (χ0v) is 54.7. The van der Waals surface area contributed by atoms with Gasteiger partial charge >= 0.3 is 47.8 Å². The van der Waals surface area contributed by atoms with Gasteiger partial charge in [0.1, 0.15) is 61.5 Å². The largest absolute Gasteiger partial charge is 0.481 e. The molecule has 20 N–H and O–H groups in total. The maximum absolute atomic E-state index is 13.2. The smallest absolute Gasteiger partial charge is 0.305 e. The second kappa shape index (κ2) is 49.4. The molecule has 566 valence electrons. The third-order valence-electron chi connectivity index (χ3n) is 12.8. The molecule has 0 aliphatic heterocycles. The molecule has 12 amide bonds. The summed E-state index contributed by atoms with van der Waals surface area (Å²) in [7, 11) is 0. The van der Waals surface area contributed by atoms with E-state index in [9.17, 15) is 131 Å². The lowest BCUT2D eigenvalue weighted by Gasteiger charge is -2.25. The van der Waals surface area contributed by atoms with E-state index >= 15 is 0 Å². The lowest BCUT2D eigenvalue weighted by molar-refractivity contribution is -0.144. The van der Waals surface area contributed by atoms with Crippen LogP contribution in [0.5, 0.6) is 0 Å². The molecule has 0 saturated carbocycles. The quantitative estimate of drug-likeness (QED) is 0.0252. The summed E-state index contributed by atoms with van der Waals surface area (Å²) >= 11 is 0. The molecule has 0 radical (unpaired) electrons. The number of nitrogens with one attached hydrogen (secondary N) is 12. The van der Waals surface area contributed by atoms with Gasteiger partial charge in [-0.2, -0.15) is 0 Å². The molecule has 0 aliphatic carbocycles. The molecule has 0 aromatic heterocycles. The summed E-state index contributed by atoms with van der Waals surface area (Å²) in [5, 5.41) is 99.8. The molecule has 0 aromatic rings. The summed E-state index contributed by atoms with van der Waals surface area (Å²) in [5.74, 6) is -27.3. The Labute approximate surface area is 572 Å². The predicted molar refractivity (Wildman–Crippen MR) is 328 cm³/mol. The minimum absolute atomic E-state index is 0.0636. The van der Waals surface area contributed by atoms with Crippen LogP contribution in [0.15, 0.2) is 0 Å². The monoisotopic (exact) mass is 1450 g/mol. The number of carboxylic acid groups (broad SMARTS) is 8. The van der Waals surface area contributed by atoms with Gasteiger partial charge in [-0.15, -0.1) is 0 Å². The number of carbonyl (C=O) groups is 21. The Morgan fingerprint density at radius 1 is 0.277 bits per heavy atom. The van der Waals surface area contributed by atoms with Crippen molar-refractivity contribution in [3.63, 3.8) is 0 Å². The van der Waals surface area contributed by atoms with E-state index in [4.69, 9.17) is 29.2 Å². The first-order valence-corrected chi connectivity index (χ1v) is 30.4. The molecule has 0 saturated heterocycles. The van der Waals surface area contributed by atoms with Crippen LogP contribution in [0, 0.1) is 0 Å². The van der Waals surface area contributed by atoms with Gasteiger partial charge in [0, 0.05) is 39.9 Å². The number of unbranched alkanes of at least 4 members (excludes halogenated alkanes) is 1. The third-order valence-corrected chi connectivity index (χ3v) is 12.8. The van der Waals surface area contributed by atoms with Crippen molar-refractivity contribution < 1.29 is 160 Å². The average molecular weight is 1450 g/mol. The number of aliphatic carboxylic acids is 8. The summed E-state index contributed by atoms with van der Waals surface area (Å²) < 4.78 is 21.2. The molecule has 9 atom stereocenters. The maximum atomic E-state index is 13.2. The van der Waals surface area contributed by atoms with E-state index in [0.717, 1.165) is 13.8 Å². The fraction of sp³-hybridized carbons (Fsp3) is 0.625. The molecule has 45 nitrogen and oxygen atoms in total. The number of hydrogen-bond acceptors (Lipinski definition) is 25. The first kappa shape index (κ1) is 89.9. The SMILES string of the molecule is CCC(=O)C(CCCCNC(=O)COCCOCCNC(=O)C(CC(=O)O)NC(=O)C(CC(=O)O)NC(=O)C(CC(=O)O)NC(=O)C(CC(=O)O)NC(C)=O)NC(=O)COCCOCCNC(=O)C(CC(=O)O)NC(=O)C(CC(=O)O)NC(=O)C(CC(=O)O)NC(=O)C(CC(=O)O)NC(C)=O. The van der Waals surface area contributed by atoms with Crippen molar-refractivity contribution in [1.82, 2.24) is 63.8 Å². The van der Waals surface area contributed by atoms with Crippen LogP contribution >= 0.6 is 0 Å². The van der Waals surface area contributed by atoms with Crippen LogP contribution in [0.25, 0.3) is 0 Å². The highest BCUT2D eigenvalue weighted by Gasteiger charge is 2.37. The zero-order chi connectivity index (χ0) is 76.9. The second-order valence-corrected chi connectivity index (χ2v) is 21.4. The van der Waals surface area contributed by atoms with Crippen molar-refractivity contribution in [2.24, 2.45) is 0 Å². The van der Waals surface area contributed by atoms with Gasteiger partial charge in [-0.3, -0.25) is 101 Å². The third kappa shape index (κ3) is 43.0. The Morgan fingerprint density at radius 3 is 0.802 bits per heavy atom. The van der Waals surface area contributed by atoms with E-state index in [1.54, 1.807) is 6.92 Å². The minimum Gasteiger partial charge on any atom is -0.481 e. The van der Waals surface area contributed by atoms with Crippen molar-refractivity contribution in [2.45, 2.75) is 152 Å². The van der Waals surface area contributed by atoms with Crippen LogP contribution < -0.4 is 63.8 Å². The van der Waals surface area contributed by atoms with Crippen LogP contribution in [0.3, 0.4) is 0 Å². The molecule has 45 heteroatoms. The van der Waals surface area contributed by atoms with Gasteiger partial charge in [0.25, 0.3) is 0 Å². The summed E-state index contributed by atoms with van der Waals surface area (Å²) in [6.45, 7) is 0.933. The van der Waals surface area contributed by atoms with E-state index < -0.39 is 238 Å². The predicted octanol–water partition coefficient (Wildman–Crippen LogP) is -9.25. The lowest BCUT2D eigenvalue weighted by atomic mass is 10.0. The molecular formula is C56H84N12O33. The number of Topliss-reactive ketones (excluding diaryl/α,β-unsaturated/α-hetero) is 1. The van der Waals surface area contributed by atoms with E-state index in [-0.39, 0.29) is 77.9 Å². The van der Waals surface area contributed by atoms with Gasteiger partial charge in [0.2, 0.25) is 70.9 Å². The van der Waals surface area contributed by atoms with Gasteiger partial charge in [0.15, 0.2) is 5.78 Å². The van der Waals surface area contributed by atoms with Crippen molar-refractivity contribution >= 4 is 124 Å². The van der Waals surface area contributed by atoms with Crippen molar-refractivity contribution in [3.8, 4) is 0 Å². The van der Waals surface area contributed by atoms with Crippen LogP contribution in [-0.2, 0) is 120 Å². The number of amides is 12. The fourth-order valence-corrected chi connectivity index (χ4v) is 8.25. The van der Waals surface area contributed by atoms with E-state index in [2.05, 4.69) is 21.3 Å². The van der Waals surface area contributed by atoms with E-state index in [0.29, 0.717) is 12.8 Å². The maximum Gasteiger partial charge on any atom is 0.305 e. The lowest BCUT2D eigenvalue weighted by Crippen LogP contribution is -2.59. The van der Waals surface area contributed by atoms with Gasteiger partial charge in [-0.05, 0) is 19.3 Å². The topological polar surface area (TPSA) is 702 Å². The number of hydrogen-bond donors (Lipinski definition) is 20. The highest BCUT2D eigenvalue weighted by molar-refractivity contribution is 6.01. The van der Waals surface area contributed by atoms with E-state index in [1.165, 1.54) is 0 Å².